The molecule has 1 aromatic heterocycles. The van der Waals surface area contributed by atoms with Crippen LogP contribution in [0.25, 0.3) is 11.3 Å². The van der Waals surface area contributed by atoms with Crippen molar-refractivity contribution in [3.05, 3.63) is 70.9 Å². The number of carbonyl (C=O) groups is 1. The number of thiazole rings is 1. The number of anilines is 1. The van der Waals surface area contributed by atoms with E-state index in [2.05, 4.69) is 0 Å². The number of amides is 1. The lowest BCUT2D eigenvalue weighted by Crippen LogP contribution is -2.37. The van der Waals surface area contributed by atoms with E-state index in [1.165, 1.54) is 29.0 Å². The van der Waals surface area contributed by atoms with Crippen molar-refractivity contribution in [3.8, 4) is 11.3 Å². The highest BCUT2D eigenvalue weighted by atomic mass is 32.1. The summed E-state index contributed by atoms with van der Waals surface area (Å²) in [7, 11) is 0. The number of rotatable bonds is 5. The van der Waals surface area contributed by atoms with Gasteiger partial charge in [0.05, 0.1) is 18.3 Å². The van der Waals surface area contributed by atoms with Crippen LogP contribution in [0.5, 0.6) is 0 Å². The van der Waals surface area contributed by atoms with Crippen LogP contribution in [-0.2, 0) is 4.74 Å². The molecule has 4 nitrogen and oxygen atoms in total. The summed E-state index contributed by atoms with van der Waals surface area (Å²) in [5, 5.41) is 2.54. The highest BCUT2D eigenvalue weighted by Gasteiger charge is 2.27. The van der Waals surface area contributed by atoms with E-state index in [0.29, 0.717) is 23.8 Å². The smallest absolute Gasteiger partial charge is 0.260 e. The van der Waals surface area contributed by atoms with Crippen molar-refractivity contribution in [3.63, 3.8) is 0 Å². The summed E-state index contributed by atoms with van der Waals surface area (Å²) in [6, 6.07) is 13.9. The topological polar surface area (TPSA) is 42.4 Å². The largest absolute Gasteiger partial charge is 0.376 e. The van der Waals surface area contributed by atoms with E-state index in [1.54, 1.807) is 17.0 Å². The zero-order valence-corrected chi connectivity index (χ0v) is 16.4. The van der Waals surface area contributed by atoms with Gasteiger partial charge in [-0.3, -0.25) is 9.69 Å². The number of carbonyl (C=O) groups excluding carboxylic acids is 1. The Labute approximate surface area is 167 Å². The SMILES string of the molecule is Cc1ccc(-c2csc(N(CC3CCCO3)C(=O)c3cccc(F)c3)n2)cc1. The summed E-state index contributed by atoms with van der Waals surface area (Å²) >= 11 is 1.41. The fourth-order valence-electron chi connectivity index (χ4n) is 3.26. The number of benzene rings is 2. The monoisotopic (exact) mass is 396 g/mol. The molecular weight excluding hydrogens is 375 g/mol. The molecule has 144 valence electrons. The molecular formula is C22H21FN2O2S. The Bertz CT molecular complexity index is 965. The molecule has 1 amide bonds. The summed E-state index contributed by atoms with van der Waals surface area (Å²) in [6.45, 7) is 3.16. The Kier molecular flexibility index (Phi) is 5.50. The number of nitrogens with zero attached hydrogens (tertiary/aromatic N) is 2. The van der Waals surface area contributed by atoms with Gasteiger partial charge >= 0.3 is 0 Å². The molecule has 0 bridgehead atoms. The van der Waals surface area contributed by atoms with Crippen LogP contribution in [0.4, 0.5) is 9.52 Å². The Morgan fingerprint density at radius 1 is 1.29 bits per heavy atom. The van der Waals surface area contributed by atoms with Gasteiger partial charge in [-0.15, -0.1) is 11.3 Å². The molecule has 0 saturated carbocycles. The van der Waals surface area contributed by atoms with Crippen LogP contribution >= 0.6 is 11.3 Å². The first-order chi connectivity index (χ1) is 13.6. The van der Waals surface area contributed by atoms with Crippen LogP contribution < -0.4 is 4.90 Å². The maximum Gasteiger partial charge on any atom is 0.260 e. The molecule has 1 aliphatic rings. The van der Waals surface area contributed by atoms with Gasteiger partial charge in [-0.2, -0.15) is 0 Å². The number of halogens is 1. The normalized spacial score (nSPS) is 16.3. The first kappa shape index (κ1) is 18.8. The van der Waals surface area contributed by atoms with E-state index < -0.39 is 5.82 Å². The Balaban J connectivity index is 1.65. The van der Waals surface area contributed by atoms with Gasteiger partial charge in [-0.05, 0) is 38.0 Å². The van der Waals surface area contributed by atoms with Crippen LogP contribution in [0.15, 0.2) is 53.9 Å². The minimum Gasteiger partial charge on any atom is -0.376 e. The highest BCUT2D eigenvalue weighted by Crippen LogP contribution is 2.30. The highest BCUT2D eigenvalue weighted by molar-refractivity contribution is 7.14. The number of hydrogen-bond donors (Lipinski definition) is 0. The van der Waals surface area contributed by atoms with E-state index in [1.807, 2.05) is 36.6 Å². The standard InChI is InChI=1S/C22H21FN2O2S/c1-15-7-9-16(10-8-15)20-14-28-22(24-20)25(13-19-6-3-11-27-19)21(26)17-4-2-5-18(23)12-17/h2,4-5,7-10,12,14,19H,3,6,11,13H2,1H3. The molecule has 6 heteroatoms. The molecule has 0 radical (unpaired) electrons. The van der Waals surface area contributed by atoms with E-state index >= 15 is 0 Å². The van der Waals surface area contributed by atoms with Gasteiger partial charge in [0.25, 0.3) is 5.91 Å². The minimum absolute atomic E-state index is 0.0239. The van der Waals surface area contributed by atoms with E-state index in [0.717, 1.165) is 24.1 Å². The summed E-state index contributed by atoms with van der Waals surface area (Å²) in [6.07, 6.45) is 1.87. The molecule has 1 atom stereocenters. The van der Waals surface area contributed by atoms with Crippen molar-refractivity contribution >= 4 is 22.4 Å². The van der Waals surface area contributed by atoms with Crippen molar-refractivity contribution in [2.75, 3.05) is 18.1 Å². The third kappa shape index (κ3) is 4.13. The zero-order chi connectivity index (χ0) is 19.5. The van der Waals surface area contributed by atoms with Gasteiger partial charge in [0.15, 0.2) is 5.13 Å². The predicted molar refractivity (Wildman–Crippen MR) is 109 cm³/mol. The van der Waals surface area contributed by atoms with Crippen LogP contribution in [0.2, 0.25) is 0 Å². The lowest BCUT2D eigenvalue weighted by Gasteiger charge is -2.23. The first-order valence-corrected chi connectivity index (χ1v) is 10.2. The quantitative estimate of drug-likeness (QED) is 0.604. The first-order valence-electron chi connectivity index (χ1n) is 9.32. The van der Waals surface area contributed by atoms with Gasteiger partial charge in [0, 0.05) is 23.1 Å². The molecule has 3 aromatic rings. The molecule has 4 rings (SSSR count). The Hall–Kier alpha value is -2.57. The van der Waals surface area contributed by atoms with Gasteiger partial charge < -0.3 is 4.74 Å². The summed E-state index contributed by atoms with van der Waals surface area (Å²) in [5.74, 6) is -0.692. The van der Waals surface area contributed by atoms with Crippen molar-refractivity contribution in [2.45, 2.75) is 25.9 Å². The maximum absolute atomic E-state index is 13.6. The van der Waals surface area contributed by atoms with Crippen LogP contribution in [-0.4, -0.2) is 30.1 Å². The molecule has 0 spiro atoms. The number of ether oxygens (including phenoxy) is 1. The van der Waals surface area contributed by atoms with Crippen LogP contribution in [0.3, 0.4) is 0 Å². The van der Waals surface area contributed by atoms with E-state index in [4.69, 9.17) is 9.72 Å². The Morgan fingerprint density at radius 2 is 2.11 bits per heavy atom. The lowest BCUT2D eigenvalue weighted by molar-refractivity contribution is 0.0917. The summed E-state index contributed by atoms with van der Waals surface area (Å²) in [5.41, 5.74) is 3.32. The van der Waals surface area contributed by atoms with Crippen molar-refractivity contribution in [1.29, 1.82) is 0 Å². The molecule has 2 aromatic carbocycles. The molecule has 1 unspecified atom stereocenters. The summed E-state index contributed by atoms with van der Waals surface area (Å²) < 4.78 is 19.4. The maximum atomic E-state index is 13.6. The third-order valence-corrected chi connectivity index (χ3v) is 5.66. The van der Waals surface area contributed by atoms with Gasteiger partial charge in [-0.1, -0.05) is 35.9 Å². The molecule has 0 aliphatic carbocycles. The lowest BCUT2D eigenvalue weighted by atomic mass is 10.1. The molecule has 2 heterocycles. The van der Waals surface area contributed by atoms with Crippen molar-refractivity contribution in [2.24, 2.45) is 0 Å². The fraction of sp³-hybridized carbons (Fsp3) is 0.273. The van der Waals surface area contributed by atoms with Crippen molar-refractivity contribution < 1.29 is 13.9 Å². The number of aryl methyl sites for hydroxylation is 1. The van der Waals surface area contributed by atoms with Crippen LogP contribution in [0.1, 0.15) is 28.8 Å². The third-order valence-electron chi connectivity index (χ3n) is 4.80. The summed E-state index contributed by atoms with van der Waals surface area (Å²) in [4.78, 5) is 19.5. The Morgan fingerprint density at radius 3 is 2.82 bits per heavy atom. The number of aromatic nitrogens is 1. The van der Waals surface area contributed by atoms with Crippen molar-refractivity contribution in [1.82, 2.24) is 4.98 Å². The van der Waals surface area contributed by atoms with Gasteiger partial charge in [-0.25, -0.2) is 9.37 Å². The zero-order valence-electron chi connectivity index (χ0n) is 15.6. The van der Waals surface area contributed by atoms with E-state index in [-0.39, 0.29) is 12.0 Å². The second kappa shape index (κ2) is 8.20. The second-order valence-electron chi connectivity index (χ2n) is 6.94. The van der Waals surface area contributed by atoms with Crippen LogP contribution in [0, 0.1) is 12.7 Å². The molecule has 1 fully saturated rings. The second-order valence-corrected chi connectivity index (χ2v) is 7.78. The number of hydrogen-bond acceptors (Lipinski definition) is 4. The molecule has 1 saturated heterocycles. The van der Waals surface area contributed by atoms with Gasteiger partial charge in [0.2, 0.25) is 0 Å². The average Bonchev–Trinajstić information content (AvgIpc) is 3.38. The molecule has 28 heavy (non-hydrogen) atoms. The average molecular weight is 396 g/mol. The fourth-order valence-corrected chi connectivity index (χ4v) is 4.10. The van der Waals surface area contributed by atoms with Gasteiger partial charge in [0.1, 0.15) is 5.82 Å². The predicted octanol–water partition coefficient (Wildman–Crippen LogP) is 5.08. The molecule has 1 aliphatic heterocycles. The minimum atomic E-state index is -0.428. The molecule has 0 N–H and O–H groups in total. The van der Waals surface area contributed by atoms with E-state index in [9.17, 15) is 9.18 Å².